The lowest BCUT2D eigenvalue weighted by Crippen LogP contribution is -2.77. The molecule has 4 fully saturated rings. The maximum atomic E-state index is 10.3. The normalized spacial score (nSPS) is 48.8. The standard InChI is InChI=1S/C21H23N/c1-19(2)14-10-17-16-9-8-13-6-4-5-7-15(13)21(16,12-22)20(17,3)18(19)11-14/h4-9,14,16-18H,10-11H2,1-3H3. The Morgan fingerprint density at radius 2 is 1.91 bits per heavy atom. The van der Waals surface area contributed by atoms with Gasteiger partial charge in [-0.2, -0.15) is 5.26 Å². The van der Waals surface area contributed by atoms with E-state index in [-0.39, 0.29) is 10.8 Å². The van der Waals surface area contributed by atoms with Crippen molar-refractivity contribution in [2.75, 3.05) is 0 Å². The molecule has 0 radical (unpaired) electrons. The first-order valence-electron chi connectivity index (χ1n) is 8.67. The molecule has 5 aliphatic carbocycles. The van der Waals surface area contributed by atoms with E-state index < -0.39 is 0 Å². The van der Waals surface area contributed by atoms with E-state index in [2.05, 4.69) is 63.3 Å². The summed E-state index contributed by atoms with van der Waals surface area (Å²) in [5, 5.41) is 10.3. The van der Waals surface area contributed by atoms with E-state index in [1.165, 1.54) is 24.0 Å². The van der Waals surface area contributed by atoms with Crippen LogP contribution in [0, 0.1) is 45.8 Å². The third-order valence-corrected chi connectivity index (χ3v) is 8.33. The molecule has 1 heteroatoms. The Bertz CT molecular complexity index is 751. The van der Waals surface area contributed by atoms with Crippen LogP contribution in [-0.2, 0) is 5.41 Å². The lowest BCUT2D eigenvalue weighted by atomic mass is 9.23. The van der Waals surface area contributed by atoms with Gasteiger partial charge in [0.1, 0.15) is 0 Å². The Morgan fingerprint density at radius 3 is 2.64 bits per heavy atom. The zero-order chi connectivity index (χ0) is 15.3. The number of benzene rings is 1. The van der Waals surface area contributed by atoms with Crippen molar-refractivity contribution in [3.05, 3.63) is 41.5 Å². The summed E-state index contributed by atoms with van der Waals surface area (Å²) in [5.74, 6) is 2.70. The van der Waals surface area contributed by atoms with Crippen LogP contribution in [0.2, 0.25) is 0 Å². The number of hydrogen-bond donors (Lipinski definition) is 0. The number of nitrogens with zero attached hydrogens (tertiary/aromatic N) is 1. The third kappa shape index (κ3) is 1.01. The molecule has 4 saturated carbocycles. The second kappa shape index (κ2) is 3.51. The van der Waals surface area contributed by atoms with Gasteiger partial charge in [0.25, 0.3) is 0 Å². The van der Waals surface area contributed by atoms with Crippen LogP contribution in [0.1, 0.15) is 44.7 Å². The fourth-order valence-corrected chi connectivity index (χ4v) is 7.11. The summed E-state index contributed by atoms with van der Waals surface area (Å²) < 4.78 is 0. The van der Waals surface area contributed by atoms with Crippen molar-refractivity contribution in [2.45, 2.75) is 39.0 Å². The molecule has 22 heavy (non-hydrogen) atoms. The van der Waals surface area contributed by atoms with Crippen LogP contribution in [0.25, 0.3) is 6.08 Å². The predicted octanol–water partition coefficient (Wildman–Crippen LogP) is 4.79. The van der Waals surface area contributed by atoms with E-state index >= 15 is 0 Å². The zero-order valence-corrected chi connectivity index (χ0v) is 13.6. The first-order valence-corrected chi connectivity index (χ1v) is 8.67. The second-order valence-corrected chi connectivity index (χ2v) is 8.82. The van der Waals surface area contributed by atoms with Gasteiger partial charge < -0.3 is 0 Å². The van der Waals surface area contributed by atoms with Crippen LogP contribution in [0.4, 0.5) is 0 Å². The monoisotopic (exact) mass is 289 g/mol. The molecule has 0 saturated heterocycles. The van der Waals surface area contributed by atoms with Gasteiger partial charge >= 0.3 is 0 Å². The molecule has 0 amide bonds. The van der Waals surface area contributed by atoms with Gasteiger partial charge in [-0.05, 0) is 52.6 Å². The maximum absolute atomic E-state index is 10.3. The second-order valence-electron chi connectivity index (χ2n) is 8.82. The van der Waals surface area contributed by atoms with Crippen molar-refractivity contribution < 1.29 is 0 Å². The summed E-state index contributed by atoms with van der Waals surface area (Å²) in [7, 11) is 0. The van der Waals surface area contributed by atoms with Crippen molar-refractivity contribution >= 4 is 6.08 Å². The molecule has 2 bridgehead atoms. The Labute approximate surface area is 133 Å². The van der Waals surface area contributed by atoms with Crippen LogP contribution in [0.3, 0.4) is 0 Å². The number of nitriles is 1. The number of fused-ring (bicyclic) bond motifs is 3. The minimum atomic E-state index is -0.295. The van der Waals surface area contributed by atoms with E-state index in [0.717, 1.165) is 5.92 Å². The third-order valence-electron chi connectivity index (χ3n) is 8.33. The van der Waals surface area contributed by atoms with Crippen LogP contribution in [-0.4, -0.2) is 0 Å². The Balaban J connectivity index is 1.76. The molecule has 1 aromatic rings. The lowest BCUT2D eigenvalue weighted by molar-refractivity contribution is -0.276. The molecule has 0 aliphatic heterocycles. The highest BCUT2D eigenvalue weighted by Gasteiger charge is 2.79. The fourth-order valence-electron chi connectivity index (χ4n) is 7.11. The molecule has 0 aromatic heterocycles. The van der Waals surface area contributed by atoms with E-state index in [1.807, 2.05) is 0 Å². The zero-order valence-electron chi connectivity index (χ0n) is 13.6. The van der Waals surface area contributed by atoms with Crippen molar-refractivity contribution in [1.82, 2.24) is 0 Å². The molecule has 6 rings (SSSR count). The fraction of sp³-hybridized carbons (Fsp3) is 0.571. The highest BCUT2D eigenvalue weighted by molar-refractivity contribution is 5.66. The summed E-state index contributed by atoms with van der Waals surface area (Å²) in [6.45, 7) is 7.32. The molecule has 0 heterocycles. The Morgan fingerprint density at radius 1 is 1.14 bits per heavy atom. The molecule has 0 spiro atoms. The van der Waals surface area contributed by atoms with E-state index in [1.54, 1.807) is 0 Å². The highest BCUT2D eigenvalue weighted by Crippen LogP contribution is 2.82. The minimum absolute atomic E-state index is 0.144. The van der Waals surface area contributed by atoms with E-state index in [0.29, 0.717) is 23.2 Å². The molecular weight excluding hydrogens is 266 g/mol. The molecule has 0 N–H and O–H groups in total. The smallest absolute Gasteiger partial charge is 0.0952 e. The van der Waals surface area contributed by atoms with Gasteiger partial charge in [-0.15, -0.1) is 0 Å². The number of rotatable bonds is 0. The summed E-state index contributed by atoms with van der Waals surface area (Å²) in [5.41, 5.74) is 2.82. The van der Waals surface area contributed by atoms with E-state index in [9.17, 15) is 5.26 Å². The first-order chi connectivity index (χ1) is 10.5. The SMILES string of the molecule is CC1(C)C2CC3C4C=Cc5ccccc5C4(C#N)C3(C)C1C2. The van der Waals surface area contributed by atoms with Crippen molar-refractivity contribution in [3.63, 3.8) is 0 Å². The molecule has 6 atom stereocenters. The van der Waals surface area contributed by atoms with Gasteiger partial charge in [-0.3, -0.25) is 0 Å². The largest absolute Gasteiger partial charge is 0.197 e. The van der Waals surface area contributed by atoms with Crippen LogP contribution in [0.15, 0.2) is 30.3 Å². The summed E-state index contributed by atoms with van der Waals surface area (Å²) in [6, 6.07) is 11.5. The summed E-state index contributed by atoms with van der Waals surface area (Å²) in [4.78, 5) is 0. The summed E-state index contributed by atoms with van der Waals surface area (Å²) >= 11 is 0. The topological polar surface area (TPSA) is 23.8 Å². The van der Waals surface area contributed by atoms with E-state index in [4.69, 9.17) is 0 Å². The van der Waals surface area contributed by atoms with Crippen LogP contribution < -0.4 is 0 Å². The molecule has 112 valence electrons. The molecule has 1 aromatic carbocycles. The molecule has 1 nitrogen and oxygen atoms in total. The van der Waals surface area contributed by atoms with Gasteiger partial charge in [-0.25, -0.2) is 0 Å². The Kier molecular flexibility index (Phi) is 2.06. The average molecular weight is 289 g/mol. The number of allylic oxidation sites excluding steroid dienone is 1. The van der Waals surface area contributed by atoms with Crippen molar-refractivity contribution in [1.29, 1.82) is 5.26 Å². The Hall–Kier alpha value is -1.55. The van der Waals surface area contributed by atoms with Crippen LogP contribution in [0.5, 0.6) is 0 Å². The van der Waals surface area contributed by atoms with Crippen molar-refractivity contribution in [2.24, 2.45) is 34.5 Å². The first kappa shape index (κ1) is 12.9. The predicted molar refractivity (Wildman–Crippen MR) is 87.8 cm³/mol. The molecule has 6 unspecified atom stereocenters. The maximum Gasteiger partial charge on any atom is 0.0952 e. The van der Waals surface area contributed by atoms with Gasteiger partial charge in [0.05, 0.1) is 11.5 Å². The van der Waals surface area contributed by atoms with Crippen LogP contribution >= 0.6 is 0 Å². The lowest BCUT2D eigenvalue weighted by Gasteiger charge is -2.79. The van der Waals surface area contributed by atoms with Gasteiger partial charge in [0.2, 0.25) is 0 Å². The van der Waals surface area contributed by atoms with Gasteiger partial charge in [-0.1, -0.05) is 57.2 Å². The van der Waals surface area contributed by atoms with Gasteiger partial charge in [0, 0.05) is 5.92 Å². The van der Waals surface area contributed by atoms with Crippen molar-refractivity contribution in [3.8, 4) is 6.07 Å². The molecular formula is C21H23N. The highest BCUT2D eigenvalue weighted by atomic mass is 14.8. The summed E-state index contributed by atoms with van der Waals surface area (Å²) in [6.07, 6.45) is 7.28. The minimum Gasteiger partial charge on any atom is -0.197 e. The van der Waals surface area contributed by atoms with Gasteiger partial charge in [0.15, 0.2) is 0 Å². The molecule has 5 aliphatic rings. The number of hydrogen-bond acceptors (Lipinski definition) is 1. The average Bonchev–Trinajstić information content (AvgIpc) is 2.51. The quantitative estimate of drug-likeness (QED) is 0.673.